The molecule has 0 saturated heterocycles. The molecule has 0 spiro atoms. The molecule has 0 amide bonds. The smallest absolute Gasteiger partial charge is 0.00664 e. The molecule has 1 unspecified atom stereocenters. The average Bonchev–Trinajstić information content (AvgIpc) is 2.52. The molecule has 0 aromatic heterocycles. The maximum absolute atomic E-state index is 2.49. The second-order valence-corrected chi connectivity index (χ2v) is 6.82. The van der Waals surface area contributed by atoms with Crippen LogP contribution in [-0.2, 0) is 6.42 Å². The van der Waals surface area contributed by atoms with Crippen molar-refractivity contribution in [1.82, 2.24) is 0 Å². The largest absolute Gasteiger partial charge is 0.0622 e. The van der Waals surface area contributed by atoms with Crippen LogP contribution in [0.3, 0.4) is 0 Å². The zero-order valence-corrected chi connectivity index (χ0v) is 12.7. The fourth-order valence-electron chi connectivity index (χ4n) is 4.33. The van der Waals surface area contributed by atoms with Crippen molar-refractivity contribution in [1.29, 1.82) is 0 Å². The van der Waals surface area contributed by atoms with Crippen molar-refractivity contribution < 1.29 is 0 Å². The third kappa shape index (κ3) is 2.05. The van der Waals surface area contributed by atoms with Crippen LogP contribution in [0.15, 0.2) is 60.2 Å². The van der Waals surface area contributed by atoms with Gasteiger partial charge < -0.3 is 0 Å². The van der Waals surface area contributed by atoms with Crippen LogP contribution in [0.1, 0.15) is 49.3 Å². The van der Waals surface area contributed by atoms with E-state index in [1.807, 2.05) is 0 Å². The highest BCUT2D eigenvalue weighted by Crippen LogP contribution is 2.52. The van der Waals surface area contributed by atoms with E-state index in [-0.39, 0.29) is 0 Å². The topological polar surface area (TPSA) is 0 Å². The third-order valence-corrected chi connectivity index (χ3v) is 5.37. The highest BCUT2D eigenvalue weighted by Gasteiger charge is 2.38. The van der Waals surface area contributed by atoms with Gasteiger partial charge in [-0.05, 0) is 53.4 Å². The van der Waals surface area contributed by atoms with Crippen molar-refractivity contribution in [3.05, 3.63) is 76.9 Å². The first-order valence-corrected chi connectivity index (χ1v) is 8.15. The van der Waals surface area contributed by atoms with Gasteiger partial charge in [-0.3, -0.25) is 0 Å². The summed E-state index contributed by atoms with van der Waals surface area (Å²) in [5.74, 6) is 0. The summed E-state index contributed by atoms with van der Waals surface area (Å²) < 4.78 is 0. The summed E-state index contributed by atoms with van der Waals surface area (Å²) >= 11 is 0. The second-order valence-electron chi connectivity index (χ2n) is 6.82. The maximum atomic E-state index is 2.49. The number of fused-ring (bicyclic) bond motifs is 2. The molecule has 2 aromatic carbocycles. The average molecular weight is 274 g/mol. The van der Waals surface area contributed by atoms with Crippen molar-refractivity contribution in [3.8, 4) is 0 Å². The number of allylic oxidation sites excluding steroid dienone is 1. The minimum Gasteiger partial charge on any atom is -0.0622 e. The van der Waals surface area contributed by atoms with Crippen LogP contribution in [0.25, 0.3) is 5.57 Å². The van der Waals surface area contributed by atoms with Gasteiger partial charge in [-0.25, -0.2) is 0 Å². The third-order valence-electron chi connectivity index (χ3n) is 5.37. The van der Waals surface area contributed by atoms with E-state index < -0.39 is 0 Å². The summed E-state index contributed by atoms with van der Waals surface area (Å²) in [6, 6.07) is 20.0. The highest BCUT2D eigenvalue weighted by molar-refractivity contribution is 5.86. The van der Waals surface area contributed by atoms with Crippen LogP contribution >= 0.6 is 0 Å². The van der Waals surface area contributed by atoms with Crippen LogP contribution in [-0.4, -0.2) is 0 Å². The van der Waals surface area contributed by atoms with Gasteiger partial charge in [0.05, 0.1) is 0 Å². The van der Waals surface area contributed by atoms with Gasteiger partial charge in [0.25, 0.3) is 0 Å². The summed E-state index contributed by atoms with van der Waals surface area (Å²) in [5.41, 5.74) is 8.01. The first-order valence-electron chi connectivity index (χ1n) is 8.15. The van der Waals surface area contributed by atoms with E-state index in [2.05, 4.69) is 61.5 Å². The van der Waals surface area contributed by atoms with Crippen molar-refractivity contribution in [2.24, 2.45) is 5.41 Å². The lowest BCUT2D eigenvalue weighted by molar-refractivity contribution is 0.299. The van der Waals surface area contributed by atoms with Gasteiger partial charge in [-0.1, -0.05) is 73.5 Å². The number of benzene rings is 2. The van der Waals surface area contributed by atoms with Gasteiger partial charge in [0, 0.05) is 0 Å². The lowest BCUT2D eigenvalue weighted by atomic mass is 9.62. The van der Waals surface area contributed by atoms with Crippen molar-refractivity contribution >= 4 is 5.57 Å². The monoisotopic (exact) mass is 274 g/mol. The summed E-state index contributed by atoms with van der Waals surface area (Å²) in [7, 11) is 0. The van der Waals surface area contributed by atoms with Gasteiger partial charge >= 0.3 is 0 Å². The molecule has 0 nitrogen and oxygen atoms in total. The van der Waals surface area contributed by atoms with E-state index in [0.717, 1.165) is 0 Å². The molecule has 21 heavy (non-hydrogen) atoms. The summed E-state index contributed by atoms with van der Waals surface area (Å²) in [4.78, 5) is 0. The van der Waals surface area contributed by atoms with Crippen molar-refractivity contribution in [2.45, 2.75) is 39.0 Å². The first kappa shape index (κ1) is 12.9. The Labute approximate surface area is 127 Å². The molecule has 0 heterocycles. The Morgan fingerprint density at radius 3 is 2.48 bits per heavy atom. The molecular formula is C21H22. The normalized spacial score (nSPS) is 24.4. The first-order chi connectivity index (χ1) is 10.3. The molecule has 0 aliphatic heterocycles. The predicted octanol–water partition coefficient (Wildman–Crippen LogP) is 5.62. The quantitative estimate of drug-likeness (QED) is 0.632. The molecule has 2 aliphatic carbocycles. The molecule has 1 fully saturated rings. The molecular weight excluding hydrogens is 252 g/mol. The van der Waals surface area contributed by atoms with Gasteiger partial charge in [0.1, 0.15) is 0 Å². The molecule has 0 N–H and O–H groups in total. The fraction of sp³-hybridized carbons (Fsp3) is 0.333. The molecule has 2 aromatic rings. The zero-order chi connectivity index (χ0) is 14.3. The van der Waals surface area contributed by atoms with E-state index in [1.165, 1.54) is 54.4 Å². The summed E-state index contributed by atoms with van der Waals surface area (Å²) in [6.45, 7) is 2.49. The molecule has 1 saturated carbocycles. The van der Waals surface area contributed by atoms with E-state index in [4.69, 9.17) is 0 Å². The molecule has 0 heteroatoms. The van der Waals surface area contributed by atoms with Crippen LogP contribution in [0.4, 0.5) is 0 Å². The van der Waals surface area contributed by atoms with Crippen LogP contribution < -0.4 is 0 Å². The van der Waals surface area contributed by atoms with Gasteiger partial charge in [-0.2, -0.15) is 0 Å². The Balaban J connectivity index is 2.00. The Hall–Kier alpha value is -1.82. The Morgan fingerprint density at radius 1 is 0.857 bits per heavy atom. The molecule has 0 radical (unpaired) electrons. The van der Waals surface area contributed by atoms with Gasteiger partial charge in [-0.15, -0.1) is 0 Å². The molecule has 4 rings (SSSR count). The summed E-state index contributed by atoms with van der Waals surface area (Å²) in [5, 5.41) is 0. The van der Waals surface area contributed by atoms with Crippen LogP contribution in [0, 0.1) is 5.41 Å². The summed E-state index contributed by atoms with van der Waals surface area (Å²) in [6.07, 6.45) is 6.56. The van der Waals surface area contributed by atoms with E-state index >= 15 is 0 Å². The Bertz CT molecular complexity index is 693. The van der Waals surface area contributed by atoms with E-state index in [0.29, 0.717) is 5.41 Å². The van der Waals surface area contributed by atoms with Gasteiger partial charge in [0.15, 0.2) is 0 Å². The zero-order valence-electron chi connectivity index (χ0n) is 12.7. The van der Waals surface area contributed by atoms with Crippen LogP contribution in [0.5, 0.6) is 0 Å². The van der Waals surface area contributed by atoms with Crippen LogP contribution in [0.2, 0.25) is 0 Å². The lowest BCUT2D eigenvalue weighted by Crippen LogP contribution is -2.30. The molecule has 2 aliphatic rings. The molecule has 1 atom stereocenters. The maximum Gasteiger partial charge on any atom is -0.00664 e. The Morgan fingerprint density at radius 2 is 1.62 bits per heavy atom. The molecule has 0 bridgehead atoms. The van der Waals surface area contributed by atoms with Crippen molar-refractivity contribution in [3.63, 3.8) is 0 Å². The highest BCUT2D eigenvalue weighted by atomic mass is 14.4. The standard InChI is InChI=1S/C21H22/c1-21-14-8-7-13-19(21)20(16-9-3-2-4-10-16)18-12-6-5-11-17(18)15-21/h2-6,9-12H,7-8,13-15H2,1H3. The SMILES string of the molecule is CC12CCCCC1=C(c1ccccc1)c1ccccc1C2. The van der Waals surface area contributed by atoms with Crippen molar-refractivity contribution in [2.75, 3.05) is 0 Å². The molecule has 106 valence electrons. The number of hydrogen-bond acceptors (Lipinski definition) is 0. The fourth-order valence-corrected chi connectivity index (χ4v) is 4.33. The minimum atomic E-state index is 0.373. The lowest BCUT2D eigenvalue weighted by Gasteiger charge is -2.43. The predicted molar refractivity (Wildman–Crippen MR) is 89.2 cm³/mol. The number of rotatable bonds is 1. The second kappa shape index (κ2) is 4.87. The Kier molecular flexibility index (Phi) is 2.99. The van der Waals surface area contributed by atoms with E-state index in [1.54, 1.807) is 5.57 Å². The minimum absolute atomic E-state index is 0.373. The number of hydrogen-bond donors (Lipinski definition) is 0. The van der Waals surface area contributed by atoms with E-state index in [9.17, 15) is 0 Å². The van der Waals surface area contributed by atoms with Gasteiger partial charge in [0.2, 0.25) is 0 Å².